The molecule has 180 valence electrons. The molecule has 35 heavy (non-hydrogen) atoms. The summed E-state index contributed by atoms with van der Waals surface area (Å²) in [4.78, 5) is 25.8. The minimum atomic E-state index is 0.343. The van der Waals surface area contributed by atoms with Crippen LogP contribution >= 0.6 is 0 Å². The molecule has 1 unspecified atom stereocenters. The van der Waals surface area contributed by atoms with Crippen LogP contribution in [0.15, 0.2) is 61.3 Å². The Morgan fingerprint density at radius 1 is 0.971 bits per heavy atom. The lowest BCUT2D eigenvalue weighted by molar-refractivity contribution is 0.206. The van der Waals surface area contributed by atoms with Gasteiger partial charge in [0.2, 0.25) is 5.95 Å². The predicted molar refractivity (Wildman–Crippen MR) is 136 cm³/mol. The van der Waals surface area contributed by atoms with E-state index >= 15 is 0 Å². The largest absolute Gasteiger partial charge is 0.339 e. The van der Waals surface area contributed by atoms with Gasteiger partial charge in [0.1, 0.15) is 5.65 Å². The molecule has 6 rings (SSSR count). The fourth-order valence-corrected chi connectivity index (χ4v) is 5.50. The van der Waals surface area contributed by atoms with Gasteiger partial charge >= 0.3 is 0 Å². The van der Waals surface area contributed by atoms with Crippen molar-refractivity contribution < 1.29 is 0 Å². The first-order valence-electron chi connectivity index (χ1n) is 12.6. The summed E-state index contributed by atoms with van der Waals surface area (Å²) in [6, 6.07) is 10.8. The van der Waals surface area contributed by atoms with E-state index in [1.54, 1.807) is 0 Å². The lowest BCUT2D eigenvalue weighted by Gasteiger charge is -2.35. The zero-order valence-electron chi connectivity index (χ0n) is 20.3. The maximum absolute atomic E-state index is 4.95. The van der Waals surface area contributed by atoms with Gasteiger partial charge in [0.05, 0.1) is 17.4 Å². The van der Waals surface area contributed by atoms with Crippen molar-refractivity contribution in [2.75, 3.05) is 38.1 Å². The summed E-state index contributed by atoms with van der Waals surface area (Å²) in [5, 5.41) is 0. The summed E-state index contributed by atoms with van der Waals surface area (Å²) in [5.41, 5.74) is 5.96. The van der Waals surface area contributed by atoms with E-state index in [-0.39, 0.29) is 0 Å². The Labute approximate surface area is 206 Å². The minimum absolute atomic E-state index is 0.343. The molecule has 1 atom stereocenters. The molecular formula is C27H32N8. The molecular weight excluding hydrogens is 436 g/mol. The van der Waals surface area contributed by atoms with E-state index in [1.807, 2.05) is 30.9 Å². The van der Waals surface area contributed by atoms with E-state index < -0.39 is 0 Å². The Morgan fingerprint density at radius 2 is 1.83 bits per heavy atom. The Balaban J connectivity index is 1.15. The molecule has 2 aliphatic rings. The summed E-state index contributed by atoms with van der Waals surface area (Å²) >= 11 is 0. The third-order valence-corrected chi connectivity index (χ3v) is 7.33. The van der Waals surface area contributed by atoms with Crippen molar-refractivity contribution in [2.24, 2.45) is 0 Å². The SMILES string of the molecule is CN(Cc1cn2c(N3CCN(Cc4ccncc4)CC3)nccc2n1)C1CCCc2cccnc21. The average molecular weight is 469 g/mol. The Hall–Kier alpha value is -3.36. The van der Waals surface area contributed by atoms with Gasteiger partial charge in [-0.1, -0.05) is 6.07 Å². The van der Waals surface area contributed by atoms with Gasteiger partial charge in [-0.05, 0) is 61.7 Å². The summed E-state index contributed by atoms with van der Waals surface area (Å²) in [7, 11) is 2.19. The van der Waals surface area contributed by atoms with E-state index in [0.717, 1.165) is 69.4 Å². The van der Waals surface area contributed by atoms with Crippen LogP contribution in [-0.4, -0.2) is 67.4 Å². The molecule has 1 aliphatic carbocycles. The van der Waals surface area contributed by atoms with Crippen LogP contribution in [0.4, 0.5) is 5.95 Å². The van der Waals surface area contributed by atoms with Crippen LogP contribution in [0.25, 0.3) is 5.65 Å². The highest BCUT2D eigenvalue weighted by molar-refractivity contribution is 5.48. The first kappa shape index (κ1) is 22.1. The van der Waals surface area contributed by atoms with Gasteiger partial charge in [-0.15, -0.1) is 0 Å². The number of fused-ring (bicyclic) bond motifs is 2. The number of nitrogens with zero attached hydrogens (tertiary/aromatic N) is 8. The standard InChI is InChI=1S/C27H32N8/c1-32(24-6-2-4-22-5-3-10-29-26(22)24)19-23-20-35-25(31-23)9-13-30-27(35)34-16-14-33(15-17-34)18-21-7-11-28-12-8-21/h3,5,7-13,20,24H,2,4,6,14-19H2,1H3. The smallest absolute Gasteiger partial charge is 0.211 e. The average Bonchev–Trinajstić information content (AvgIpc) is 3.32. The number of rotatable bonds is 6. The first-order valence-corrected chi connectivity index (χ1v) is 12.6. The summed E-state index contributed by atoms with van der Waals surface area (Å²) in [5.74, 6) is 0.983. The summed E-state index contributed by atoms with van der Waals surface area (Å²) < 4.78 is 2.16. The Kier molecular flexibility index (Phi) is 6.14. The molecule has 0 radical (unpaired) electrons. The molecule has 1 aliphatic heterocycles. The summed E-state index contributed by atoms with van der Waals surface area (Å²) in [6.45, 7) is 5.69. The van der Waals surface area contributed by atoms with Crippen molar-refractivity contribution in [3.05, 3.63) is 83.8 Å². The lowest BCUT2D eigenvalue weighted by Crippen LogP contribution is -2.46. The number of hydrogen-bond acceptors (Lipinski definition) is 7. The number of aromatic nitrogens is 5. The van der Waals surface area contributed by atoms with E-state index in [9.17, 15) is 0 Å². The normalized spacial score (nSPS) is 18.8. The number of piperazine rings is 1. The van der Waals surface area contributed by atoms with Crippen LogP contribution < -0.4 is 4.90 Å². The second-order valence-corrected chi connectivity index (χ2v) is 9.69. The Morgan fingerprint density at radius 3 is 2.69 bits per heavy atom. The van der Waals surface area contributed by atoms with Gasteiger partial charge in [-0.2, -0.15) is 0 Å². The van der Waals surface area contributed by atoms with Gasteiger partial charge in [0.15, 0.2) is 0 Å². The van der Waals surface area contributed by atoms with Gasteiger partial charge in [0, 0.05) is 70.3 Å². The molecule has 4 aromatic heterocycles. The van der Waals surface area contributed by atoms with Crippen LogP contribution in [0.5, 0.6) is 0 Å². The number of pyridine rings is 2. The Bertz CT molecular complexity index is 1280. The highest BCUT2D eigenvalue weighted by atomic mass is 15.3. The molecule has 4 aromatic rings. The monoisotopic (exact) mass is 468 g/mol. The van der Waals surface area contributed by atoms with Crippen molar-refractivity contribution in [3.8, 4) is 0 Å². The highest BCUT2D eigenvalue weighted by Gasteiger charge is 2.26. The van der Waals surface area contributed by atoms with Crippen LogP contribution in [0.3, 0.4) is 0 Å². The van der Waals surface area contributed by atoms with E-state index in [4.69, 9.17) is 15.0 Å². The first-order chi connectivity index (χ1) is 17.2. The van der Waals surface area contributed by atoms with Crippen molar-refractivity contribution >= 4 is 11.6 Å². The molecule has 8 heteroatoms. The van der Waals surface area contributed by atoms with Gasteiger partial charge < -0.3 is 4.90 Å². The van der Waals surface area contributed by atoms with Gasteiger partial charge in [-0.25, -0.2) is 9.97 Å². The molecule has 0 N–H and O–H groups in total. The topological polar surface area (TPSA) is 65.7 Å². The molecule has 5 heterocycles. The molecule has 1 saturated heterocycles. The fourth-order valence-electron chi connectivity index (χ4n) is 5.50. The third kappa shape index (κ3) is 4.63. The quantitative estimate of drug-likeness (QED) is 0.430. The molecule has 1 fully saturated rings. The number of anilines is 1. The number of imidazole rings is 1. The predicted octanol–water partition coefficient (Wildman–Crippen LogP) is 3.35. The van der Waals surface area contributed by atoms with Gasteiger partial charge in [0.25, 0.3) is 0 Å². The van der Waals surface area contributed by atoms with Crippen molar-refractivity contribution in [3.63, 3.8) is 0 Å². The van der Waals surface area contributed by atoms with E-state index in [1.165, 1.54) is 23.2 Å². The van der Waals surface area contributed by atoms with Crippen molar-refractivity contribution in [1.29, 1.82) is 0 Å². The maximum Gasteiger partial charge on any atom is 0.211 e. The van der Waals surface area contributed by atoms with Gasteiger partial charge in [-0.3, -0.25) is 24.2 Å². The zero-order valence-corrected chi connectivity index (χ0v) is 20.3. The number of hydrogen-bond donors (Lipinski definition) is 0. The second-order valence-electron chi connectivity index (χ2n) is 9.69. The molecule has 0 spiro atoms. The molecule has 0 saturated carbocycles. The minimum Gasteiger partial charge on any atom is -0.339 e. The van der Waals surface area contributed by atoms with Crippen LogP contribution in [0.2, 0.25) is 0 Å². The third-order valence-electron chi connectivity index (χ3n) is 7.33. The van der Waals surface area contributed by atoms with E-state index in [0.29, 0.717) is 6.04 Å². The van der Waals surface area contributed by atoms with E-state index in [2.05, 4.69) is 61.6 Å². The van der Waals surface area contributed by atoms with Crippen LogP contribution in [0.1, 0.15) is 41.4 Å². The number of aryl methyl sites for hydroxylation is 1. The lowest BCUT2D eigenvalue weighted by atomic mass is 9.91. The molecule has 0 amide bonds. The second kappa shape index (κ2) is 9.71. The van der Waals surface area contributed by atoms with Crippen LogP contribution in [0, 0.1) is 0 Å². The molecule has 0 aromatic carbocycles. The molecule has 0 bridgehead atoms. The fraction of sp³-hybridized carbons (Fsp3) is 0.407. The van der Waals surface area contributed by atoms with Crippen molar-refractivity contribution in [1.82, 2.24) is 34.1 Å². The summed E-state index contributed by atoms with van der Waals surface area (Å²) in [6.07, 6.45) is 13.2. The van der Waals surface area contributed by atoms with Crippen molar-refractivity contribution in [2.45, 2.75) is 38.4 Å². The maximum atomic E-state index is 4.95. The zero-order chi connectivity index (χ0) is 23.6. The molecule has 8 nitrogen and oxygen atoms in total. The van der Waals surface area contributed by atoms with Crippen LogP contribution in [-0.2, 0) is 19.5 Å². The highest BCUT2D eigenvalue weighted by Crippen LogP contribution is 2.32.